The molecule has 2 aromatic carbocycles. The van der Waals surface area contributed by atoms with E-state index in [1.807, 2.05) is 6.92 Å². The molecular formula is C17H12N4O4S3. The number of benzene rings is 2. The van der Waals surface area contributed by atoms with Gasteiger partial charge in [0.25, 0.3) is 0 Å². The number of thiazole rings is 1. The van der Waals surface area contributed by atoms with Gasteiger partial charge in [0, 0.05) is 0 Å². The Labute approximate surface area is 167 Å². The van der Waals surface area contributed by atoms with Crippen LogP contribution in [0.25, 0.3) is 11.0 Å². The predicted molar refractivity (Wildman–Crippen MR) is 106 cm³/mol. The van der Waals surface area contributed by atoms with Gasteiger partial charge < -0.3 is 4.98 Å². The monoisotopic (exact) mass is 432 g/mol. The molecule has 0 radical (unpaired) electrons. The third-order valence-corrected chi connectivity index (χ3v) is 7.62. The van der Waals surface area contributed by atoms with Crippen LogP contribution >= 0.6 is 23.1 Å². The Kier molecular flexibility index (Phi) is 4.65. The Bertz CT molecular complexity index is 1290. The van der Waals surface area contributed by atoms with Gasteiger partial charge in [-0.3, -0.25) is 10.1 Å². The van der Waals surface area contributed by atoms with Crippen LogP contribution in [0.5, 0.6) is 0 Å². The minimum atomic E-state index is -3.74. The number of aromatic amines is 1. The molecule has 2 aromatic heterocycles. The topological polar surface area (TPSA) is 119 Å². The lowest BCUT2D eigenvalue weighted by Crippen LogP contribution is -2.02. The van der Waals surface area contributed by atoms with Crippen molar-refractivity contribution in [1.82, 2.24) is 15.0 Å². The molecule has 1 N–H and O–H groups in total. The quantitative estimate of drug-likeness (QED) is 0.370. The van der Waals surface area contributed by atoms with Crippen molar-refractivity contribution in [3.8, 4) is 0 Å². The summed E-state index contributed by atoms with van der Waals surface area (Å²) in [7, 11) is -3.74. The maximum absolute atomic E-state index is 13.1. The number of hydrogen-bond donors (Lipinski definition) is 1. The van der Waals surface area contributed by atoms with Crippen molar-refractivity contribution in [2.45, 2.75) is 26.2 Å². The zero-order valence-corrected chi connectivity index (χ0v) is 16.8. The maximum Gasteiger partial charge on any atom is 0.344 e. The zero-order valence-electron chi connectivity index (χ0n) is 14.3. The molecule has 4 rings (SSSR count). The molecule has 0 amide bonds. The van der Waals surface area contributed by atoms with E-state index in [0.29, 0.717) is 20.5 Å². The van der Waals surface area contributed by atoms with Gasteiger partial charge in [-0.2, -0.15) is 0 Å². The van der Waals surface area contributed by atoms with Gasteiger partial charge in [0.1, 0.15) is 11.7 Å². The van der Waals surface area contributed by atoms with Crippen LogP contribution in [0.1, 0.15) is 5.56 Å². The Morgan fingerprint density at radius 1 is 1.18 bits per heavy atom. The van der Waals surface area contributed by atoms with E-state index in [4.69, 9.17) is 0 Å². The van der Waals surface area contributed by atoms with Crippen molar-refractivity contribution < 1.29 is 13.3 Å². The lowest BCUT2D eigenvalue weighted by atomic mass is 10.2. The fourth-order valence-corrected chi connectivity index (χ4v) is 5.67. The Hall–Kier alpha value is -2.76. The van der Waals surface area contributed by atoms with E-state index < -0.39 is 14.8 Å². The molecule has 0 spiro atoms. The van der Waals surface area contributed by atoms with Crippen LogP contribution < -0.4 is 0 Å². The first kappa shape index (κ1) is 18.6. The molecule has 0 aliphatic carbocycles. The number of rotatable bonds is 5. The van der Waals surface area contributed by atoms with E-state index in [2.05, 4.69) is 15.0 Å². The Morgan fingerprint density at radius 3 is 2.61 bits per heavy atom. The highest BCUT2D eigenvalue weighted by Crippen LogP contribution is 2.35. The SMILES string of the molecule is Cc1ccc(S(=O)(=O)c2cccc3[nH]c(Sc4ncc([N+](=O)[O-])s4)nc23)cc1. The molecule has 0 atom stereocenters. The van der Waals surface area contributed by atoms with Crippen LogP contribution in [0, 0.1) is 17.0 Å². The van der Waals surface area contributed by atoms with Crippen molar-refractivity contribution in [2.24, 2.45) is 0 Å². The van der Waals surface area contributed by atoms with E-state index in [0.717, 1.165) is 28.7 Å². The molecule has 28 heavy (non-hydrogen) atoms. The van der Waals surface area contributed by atoms with Crippen molar-refractivity contribution >= 4 is 49.0 Å². The number of nitro groups is 1. The molecular weight excluding hydrogens is 420 g/mol. The number of nitrogens with one attached hydrogen (secondary N) is 1. The normalized spacial score (nSPS) is 11.8. The molecule has 0 saturated carbocycles. The first-order chi connectivity index (χ1) is 13.3. The summed E-state index contributed by atoms with van der Waals surface area (Å²) < 4.78 is 26.6. The molecule has 0 unspecified atom stereocenters. The number of imidazole rings is 1. The van der Waals surface area contributed by atoms with Gasteiger partial charge in [0.2, 0.25) is 9.84 Å². The molecule has 0 aliphatic heterocycles. The second-order valence-electron chi connectivity index (χ2n) is 5.83. The van der Waals surface area contributed by atoms with E-state index in [9.17, 15) is 18.5 Å². The summed E-state index contributed by atoms with van der Waals surface area (Å²) in [5, 5.41) is 11.1. The highest BCUT2D eigenvalue weighted by atomic mass is 32.2. The van der Waals surface area contributed by atoms with Crippen molar-refractivity contribution in [3.63, 3.8) is 0 Å². The summed E-state index contributed by atoms with van der Waals surface area (Å²) in [6.07, 6.45) is 1.18. The summed E-state index contributed by atoms with van der Waals surface area (Å²) >= 11 is 2.04. The van der Waals surface area contributed by atoms with Gasteiger partial charge in [-0.1, -0.05) is 23.8 Å². The van der Waals surface area contributed by atoms with Crippen LogP contribution in [-0.2, 0) is 9.84 Å². The van der Waals surface area contributed by atoms with Crippen LogP contribution in [0.15, 0.2) is 67.9 Å². The van der Waals surface area contributed by atoms with Crippen molar-refractivity contribution in [3.05, 3.63) is 64.3 Å². The zero-order chi connectivity index (χ0) is 19.9. The van der Waals surface area contributed by atoms with Gasteiger partial charge in [0.05, 0.1) is 20.2 Å². The average molecular weight is 433 g/mol. The highest BCUT2D eigenvalue weighted by molar-refractivity contribution is 8.01. The first-order valence-corrected chi connectivity index (χ1v) is 11.0. The Morgan fingerprint density at radius 2 is 1.93 bits per heavy atom. The number of aryl methyl sites for hydroxylation is 1. The third-order valence-electron chi connectivity index (χ3n) is 3.91. The minimum absolute atomic E-state index is 0.0683. The van der Waals surface area contributed by atoms with Crippen molar-refractivity contribution in [2.75, 3.05) is 0 Å². The average Bonchev–Trinajstić information content (AvgIpc) is 3.28. The number of aromatic nitrogens is 3. The summed E-state index contributed by atoms with van der Waals surface area (Å²) in [6.45, 7) is 1.89. The molecule has 4 aromatic rings. The smallest absolute Gasteiger partial charge is 0.333 e. The largest absolute Gasteiger partial charge is 0.344 e. The lowest BCUT2D eigenvalue weighted by molar-refractivity contribution is -0.380. The number of para-hydroxylation sites is 1. The standard InChI is InChI=1S/C17H12N4O4S3/c1-10-5-7-11(8-6-10)28(24,25)13-4-2-3-12-15(13)20-16(19-12)27-17-18-9-14(26-17)21(22)23/h2-9H,1H3,(H,19,20). The summed E-state index contributed by atoms with van der Waals surface area (Å²) in [6, 6.07) is 11.5. The first-order valence-electron chi connectivity index (χ1n) is 7.93. The van der Waals surface area contributed by atoms with Crippen molar-refractivity contribution in [1.29, 1.82) is 0 Å². The molecule has 8 nitrogen and oxygen atoms in total. The minimum Gasteiger partial charge on any atom is -0.333 e. The summed E-state index contributed by atoms with van der Waals surface area (Å²) in [5.74, 6) is 0. The van der Waals surface area contributed by atoms with Gasteiger partial charge in [-0.05, 0) is 54.3 Å². The third kappa shape index (κ3) is 3.39. The fraction of sp³-hybridized carbons (Fsp3) is 0.0588. The number of fused-ring (bicyclic) bond motifs is 1. The van der Waals surface area contributed by atoms with Gasteiger partial charge in [0.15, 0.2) is 9.50 Å². The molecule has 0 saturated heterocycles. The number of nitrogens with zero attached hydrogens (tertiary/aromatic N) is 3. The summed E-state index contributed by atoms with van der Waals surface area (Å²) in [4.78, 5) is 22.0. The maximum atomic E-state index is 13.1. The van der Waals surface area contributed by atoms with Gasteiger partial charge in [-0.25, -0.2) is 18.4 Å². The second-order valence-corrected chi connectivity index (χ2v) is 10.00. The van der Waals surface area contributed by atoms with Gasteiger partial charge in [-0.15, -0.1) is 0 Å². The molecule has 142 valence electrons. The molecule has 2 heterocycles. The molecule has 0 fully saturated rings. The number of sulfone groups is 1. The predicted octanol–water partition coefficient (Wildman–Crippen LogP) is 4.22. The van der Waals surface area contributed by atoms with E-state index in [1.165, 1.54) is 12.3 Å². The lowest BCUT2D eigenvalue weighted by Gasteiger charge is -2.05. The van der Waals surface area contributed by atoms with Crippen LogP contribution in [0.3, 0.4) is 0 Å². The second kappa shape index (κ2) is 7.00. The molecule has 11 heteroatoms. The molecule has 0 bridgehead atoms. The van der Waals surface area contributed by atoms with Crippen LogP contribution in [0.2, 0.25) is 0 Å². The number of H-pyrrole nitrogens is 1. The Balaban J connectivity index is 1.74. The van der Waals surface area contributed by atoms with E-state index in [1.54, 1.807) is 36.4 Å². The van der Waals surface area contributed by atoms with Crippen LogP contribution in [-0.4, -0.2) is 28.3 Å². The summed E-state index contributed by atoms with van der Waals surface area (Å²) in [5.41, 5.74) is 1.84. The highest BCUT2D eigenvalue weighted by Gasteiger charge is 2.23. The van der Waals surface area contributed by atoms with Crippen LogP contribution in [0.4, 0.5) is 5.00 Å². The van der Waals surface area contributed by atoms with Gasteiger partial charge >= 0.3 is 5.00 Å². The number of hydrogen-bond acceptors (Lipinski definition) is 8. The van der Waals surface area contributed by atoms with E-state index in [-0.39, 0.29) is 14.8 Å². The fourth-order valence-electron chi connectivity index (χ4n) is 2.56. The van der Waals surface area contributed by atoms with E-state index >= 15 is 0 Å². The molecule has 0 aliphatic rings.